The van der Waals surface area contributed by atoms with Gasteiger partial charge in [-0.25, -0.2) is 14.4 Å². The Labute approximate surface area is 243 Å². The van der Waals surface area contributed by atoms with Crippen LogP contribution in [0.3, 0.4) is 0 Å². The van der Waals surface area contributed by atoms with Crippen LogP contribution in [0.2, 0.25) is 0 Å². The summed E-state index contributed by atoms with van der Waals surface area (Å²) < 4.78 is 16.1. The second kappa shape index (κ2) is 13.8. The van der Waals surface area contributed by atoms with Crippen molar-refractivity contribution in [2.75, 3.05) is 13.2 Å². The molecule has 8 nitrogen and oxygen atoms in total. The molecule has 0 radical (unpaired) electrons. The zero-order chi connectivity index (χ0) is 31.0. The zero-order valence-electron chi connectivity index (χ0n) is 25.2. The number of hydrogen-bond donors (Lipinski definition) is 2. The first-order valence-corrected chi connectivity index (χ1v) is 13.3. The standard InChI is InChI=1S/C33H42N2O6/c1-21(2)24-14-16-26(17-15-24)32(7,8)34-30(37)40-20-28(19-39-29(36)23(5)6)41-31(38)35-33(9,10)27-13-11-12-25(18-27)22(3)4/h11-18,28H,1,3,5,19-20H2,2,4,6-10H3,(H,34,37)(H,35,38). The van der Waals surface area contributed by atoms with Crippen molar-refractivity contribution in [3.63, 3.8) is 0 Å². The summed E-state index contributed by atoms with van der Waals surface area (Å²) in [5.41, 5.74) is 4.11. The summed E-state index contributed by atoms with van der Waals surface area (Å²) in [6.07, 6.45) is -2.57. The summed E-state index contributed by atoms with van der Waals surface area (Å²) in [6.45, 7) is 23.4. The van der Waals surface area contributed by atoms with E-state index in [1.165, 1.54) is 6.92 Å². The Morgan fingerprint density at radius 1 is 0.732 bits per heavy atom. The van der Waals surface area contributed by atoms with Crippen LogP contribution in [0.15, 0.2) is 73.8 Å². The van der Waals surface area contributed by atoms with Crippen molar-refractivity contribution in [3.8, 4) is 0 Å². The van der Waals surface area contributed by atoms with Crippen LogP contribution in [-0.2, 0) is 30.1 Å². The number of nitrogens with one attached hydrogen (secondary N) is 2. The molecule has 2 amide bonds. The van der Waals surface area contributed by atoms with Gasteiger partial charge in [0.15, 0.2) is 6.10 Å². The van der Waals surface area contributed by atoms with Crippen LogP contribution in [0.25, 0.3) is 11.1 Å². The highest BCUT2D eigenvalue weighted by molar-refractivity contribution is 5.87. The van der Waals surface area contributed by atoms with E-state index in [9.17, 15) is 14.4 Å². The Bertz CT molecular complexity index is 1310. The first-order valence-electron chi connectivity index (χ1n) is 13.3. The lowest BCUT2D eigenvalue weighted by Gasteiger charge is -2.29. The third-order valence-electron chi connectivity index (χ3n) is 6.43. The lowest BCUT2D eigenvalue weighted by Crippen LogP contribution is -2.45. The summed E-state index contributed by atoms with van der Waals surface area (Å²) in [4.78, 5) is 37.6. The molecular weight excluding hydrogens is 520 g/mol. The number of ether oxygens (including phenoxy) is 3. The van der Waals surface area contributed by atoms with Crippen LogP contribution in [0.1, 0.15) is 70.7 Å². The van der Waals surface area contributed by atoms with Crippen molar-refractivity contribution >= 4 is 29.3 Å². The van der Waals surface area contributed by atoms with Crippen LogP contribution in [0.4, 0.5) is 9.59 Å². The van der Waals surface area contributed by atoms with Gasteiger partial charge in [0, 0.05) is 5.57 Å². The molecule has 0 aliphatic heterocycles. The van der Waals surface area contributed by atoms with E-state index in [0.29, 0.717) is 0 Å². The minimum absolute atomic E-state index is 0.185. The van der Waals surface area contributed by atoms with Gasteiger partial charge in [-0.05, 0) is 76.8 Å². The fourth-order valence-corrected chi connectivity index (χ4v) is 3.79. The second-order valence-corrected chi connectivity index (χ2v) is 11.2. The maximum atomic E-state index is 12.9. The highest BCUT2D eigenvalue weighted by Crippen LogP contribution is 2.24. The molecule has 0 bridgehead atoms. The number of carbonyl (C=O) groups excluding carboxylic acids is 3. The van der Waals surface area contributed by atoms with Crippen molar-refractivity contribution in [1.29, 1.82) is 0 Å². The van der Waals surface area contributed by atoms with Gasteiger partial charge >= 0.3 is 18.2 Å². The van der Waals surface area contributed by atoms with E-state index < -0.39 is 35.3 Å². The molecule has 2 rings (SSSR count). The smallest absolute Gasteiger partial charge is 0.408 e. The number of carbonyl (C=O) groups is 3. The van der Waals surface area contributed by atoms with Crippen LogP contribution in [0, 0.1) is 0 Å². The maximum absolute atomic E-state index is 12.9. The third kappa shape index (κ3) is 9.98. The number of benzene rings is 2. The van der Waals surface area contributed by atoms with E-state index in [4.69, 9.17) is 14.2 Å². The Morgan fingerprint density at radius 2 is 1.27 bits per heavy atom. The predicted molar refractivity (Wildman–Crippen MR) is 162 cm³/mol. The average Bonchev–Trinajstić information content (AvgIpc) is 2.89. The number of rotatable bonds is 12. The van der Waals surface area contributed by atoms with Gasteiger partial charge < -0.3 is 24.8 Å². The highest BCUT2D eigenvalue weighted by Gasteiger charge is 2.28. The Balaban J connectivity index is 2.08. The fourth-order valence-electron chi connectivity index (χ4n) is 3.79. The fraction of sp³-hybridized carbons (Fsp3) is 0.364. The lowest BCUT2D eigenvalue weighted by atomic mass is 9.92. The van der Waals surface area contributed by atoms with E-state index in [0.717, 1.165) is 33.4 Å². The van der Waals surface area contributed by atoms with Crippen molar-refractivity contribution in [2.24, 2.45) is 0 Å². The SMILES string of the molecule is C=C(C)C(=O)OCC(COC(=O)NC(C)(C)c1ccc(C(=C)C)cc1)OC(=O)NC(C)(C)c1cccc(C(=C)C)c1. The predicted octanol–water partition coefficient (Wildman–Crippen LogP) is 6.86. The van der Waals surface area contributed by atoms with Gasteiger partial charge in [0.1, 0.15) is 13.2 Å². The molecule has 220 valence electrons. The first kappa shape index (κ1) is 32.9. The molecule has 0 aliphatic carbocycles. The molecular formula is C33H42N2O6. The van der Waals surface area contributed by atoms with Crippen LogP contribution >= 0.6 is 0 Å². The van der Waals surface area contributed by atoms with Crippen LogP contribution in [0.5, 0.6) is 0 Å². The molecule has 0 fully saturated rings. The molecule has 0 spiro atoms. The molecule has 8 heteroatoms. The summed E-state index contributed by atoms with van der Waals surface area (Å²) in [5.74, 6) is -0.653. The minimum atomic E-state index is -1.07. The summed E-state index contributed by atoms with van der Waals surface area (Å²) in [6, 6.07) is 15.3. The van der Waals surface area contributed by atoms with Crippen molar-refractivity contribution in [1.82, 2.24) is 10.6 Å². The summed E-state index contributed by atoms with van der Waals surface area (Å²) in [5, 5.41) is 5.65. The van der Waals surface area contributed by atoms with Gasteiger partial charge in [0.05, 0.1) is 11.1 Å². The van der Waals surface area contributed by atoms with Gasteiger partial charge in [-0.15, -0.1) is 0 Å². The number of hydrogen-bond acceptors (Lipinski definition) is 6. The van der Waals surface area contributed by atoms with E-state index in [2.05, 4.69) is 30.4 Å². The Hall–Kier alpha value is -4.33. The van der Waals surface area contributed by atoms with E-state index in [1.54, 1.807) is 0 Å². The average molecular weight is 563 g/mol. The third-order valence-corrected chi connectivity index (χ3v) is 6.43. The quantitative estimate of drug-likeness (QED) is 0.166. The van der Waals surface area contributed by atoms with Crippen LogP contribution in [-0.4, -0.2) is 37.5 Å². The molecule has 2 aromatic carbocycles. The van der Waals surface area contributed by atoms with E-state index in [1.807, 2.05) is 90.1 Å². The van der Waals surface area contributed by atoms with Gasteiger partial charge in [0.25, 0.3) is 0 Å². The summed E-state index contributed by atoms with van der Waals surface area (Å²) in [7, 11) is 0. The Morgan fingerprint density at radius 3 is 1.83 bits per heavy atom. The molecule has 2 N–H and O–H groups in total. The maximum Gasteiger partial charge on any atom is 0.408 e. The van der Waals surface area contributed by atoms with E-state index in [-0.39, 0.29) is 18.8 Å². The van der Waals surface area contributed by atoms with Crippen molar-refractivity contribution in [3.05, 3.63) is 96.1 Å². The Kier molecular flexibility index (Phi) is 11.1. The molecule has 1 unspecified atom stereocenters. The van der Waals surface area contributed by atoms with Crippen molar-refractivity contribution in [2.45, 2.75) is 65.6 Å². The molecule has 0 heterocycles. The molecule has 0 saturated carbocycles. The first-order chi connectivity index (χ1) is 19.0. The molecule has 0 aromatic heterocycles. The minimum Gasteiger partial charge on any atom is -0.458 e. The van der Waals surface area contributed by atoms with Gasteiger partial charge in [-0.3, -0.25) is 0 Å². The topological polar surface area (TPSA) is 103 Å². The number of allylic oxidation sites excluding steroid dienone is 2. The largest absolute Gasteiger partial charge is 0.458 e. The molecule has 1 atom stereocenters. The summed E-state index contributed by atoms with van der Waals surface area (Å²) >= 11 is 0. The second-order valence-electron chi connectivity index (χ2n) is 11.2. The molecule has 41 heavy (non-hydrogen) atoms. The number of esters is 1. The number of alkyl carbamates (subject to hydrolysis) is 2. The zero-order valence-corrected chi connectivity index (χ0v) is 25.2. The highest BCUT2D eigenvalue weighted by atomic mass is 16.6. The molecule has 2 aromatic rings. The van der Waals surface area contributed by atoms with Gasteiger partial charge in [-0.2, -0.15) is 0 Å². The number of amides is 2. The van der Waals surface area contributed by atoms with Gasteiger partial charge in [0.2, 0.25) is 0 Å². The van der Waals surface area contributed by atoms with E-state index >= 15 is 0 Å². The molecule has 0 aliphatic rings. The van der Waals surface area contributed by atoms with Gasteiger partial charge in [-0.1, -0.05) is 73.3 Å². The van der Waals surface area contributed by atoms with Crippen LogP contribution < -0.4 is 10.6 Å². The molecule has 0 saturated heterocycles. The monoisotopic (exact) mass is 562 g/mol. The lowest BCUT2D eigenvalue weighted by molar-refractivity contribution is -0.142. The normalized spacial score (nSPS) is 12.0. The van der Waals surface area contributed by atoms with Crippen molar-refractivity contribution < 1.29 is 28.6 Å².